The van der Waals surface area contributed by atoms with Crippen LogP contribution in [0.4, 0.5) is 9.93 Å². The molecule has 0 radical (unpaired) electrons. The highest BCUT2D eigenvalue weighted by Crippen LogP contribution is 2.29. The molecule has 2 heterocycles. The third kappa shape index (κ3) is 8.14. The zero-order valence-corrected chi connectivity index (χ0v) is 24.6. The average molecular weight is 590 g/mol. The van der Waals surface area contributed by atoms with Crippen molar-refractivity contribution in [2.24, 2.45) is 5.92 Å². The Morgan fingerprint density at radius 3 is 2.52 bits per heavy atom. The lowest BCUT2D eigenvalue weighted by molar-refractivity contribution is 0.0980. The number of fused-ring (bicyclic) bond motifs is 1. The number of hydrogen-bond acceptors (Lipinski definition) is 8. The van der Waals surface area contributed by atoms with E-state index in [4.69, 9.17) is 0 Å². The number of carbonyl (C=O) groups is 1. The molecule has 2 atom stereocenters. The lowest BCUT2D eigenvalue weighted by atomic mass is 10.0. The van der Waals surface area contributed by atoms with E-state index in [1.54, 1.807) is 18.2 Å². The van der Waals surface area contributed by atoms with Gasteiger partial charge in [0, 0.05) is 26.2 Å². The fourth-order valence-corrected chi connectivity index (χ4v) is 7.59. The minimum atomic E-state index is -3.99. The van der Waals surface area contributed by atoms with Crippen molar-refractivity contribution in [3.8, 4) is 0 Å². The molecule has 0 spiro atoms. The van der Waals surface area contributed by atoms with E-state index in [0.717, 1.165) is 47.1 Å². The summed E-state index contributed by atoms with van der Waals surface area (Å²) in [5.41, 5.74) is 1.55. The monoisotopic (exact) mass is 589 g/mol. The molecule has 2 aromatic carbocycles. The molecule has 3 aromatic rings. The van der Waals surface area contributed by atoms with Gasteiger partial charge in [0.15, 0.2) is 5.13 Å². The van der Waals surface area contributed by atoms with Gasteiger partial charge >= 0.3 is 6.09 Å². The van der Waals surface area contributed by atoms with Gasteiger partial charge in [-0.15, -0.1) is 0 Å². The minimum Gasteiger partial charge on any atom is -0.465 e. The van der Waals surface area contributed by atoms with Crippen LogP contribution in [-0.2, 0) is 16.4 Å². The molecule has 0 bridgehead atoms. The van der Waals surface area contributed by atoms with Gasteiger partial charge in [-0.05, 0) is 62.0 Å². The fraction of sp³-hybridized carbons (Fsp3) is 0.500. The van der Waals surface area contributed by atoms with Gasteiger partial charge in [-0.3, -0.25) is 0 Å². The lowest BCUT2D eigenvalue weighted by Gasteiger charge is -2.30. The molecule has 1 saturated heterocycles. The summed E-state index contributed by atoms with van der Waals surface area (Å²) in [6.07, 6.45) is 0.173. The van der Waals surface area contributed by atoms with Crippen LogP contribution in [0.3, 0.4) is 0 Å². The molecule has 0 aliphatic carbocycles. The van der Waals surface area contributed by atoms with Crippen molar-refractivity contribution >= 4 is 42.8 Å². The SMILES string of the molecule is CC(C)CN(C[C@@H](O)[C@H](Cc1ccccc1)NC(=O)O)S(=O)(=O)c1ccc2nc(NCCN3CCCC3)sc2c1. The van der Waals surface area contributed by atoms with Crippen LogP contribution in [-0.4, -0.2) is 90.3 Å². The van der Waals surface area contributed by atoms with Crippen LogP contribution in [0, 0.1) is 5.92 Å². The number of sulfonamides is 1. The van der Waals surface area contributed by atoms with Crippen molar-refractivity contribution in [3.63, 3.8) is 0 Å². The Labute approximate surface area is 240 Å². The fourth-order valence-electron chi connectivity index (χ4n) is 4.94. The Bertz CT molecular complexity index is 1360. The number of aliphatic hydroxyl groups excluding tert-OH is 1. The van der Waals surface area contributed by atoms with Gasteiger partial charge in [0.05, 0.1) is 27.3 Å². The average Bonchev–Trinajstić information content (AvgIpc) is 3.57. The second-order valence-corrected chi connectivity index (χ2v) is 13.6. The molecule has 4 rings (SSSR count). The van der Waals surface area contributed by atoms with Crippen molar-refractivity contribution in [2.45, 2.75) is 50.2 Å². The quantitative estimate of drug-likeness (QED) is 0.224. The second kappa shape index (κ2) is 13.7. The molecule has 10 nitrogen and oxygen atoms in total. The summed E-state index contributed by atoms with van der Waals surface area (Å²) in [7, 11) is -3.99. The lowest BCUT2D eigenvalue weighted by Crippen LogP contribution is -2.50. The summed E-state index contributed by atoms with van der Waals surface area (Å²) in [5, 5.41) is 27.0. The molecule has 218 valence electrons. The van der Waals surface area contributed by atoms with E-state index < -0.39 is 28.3 Å². The number of rotatable bonds is 14. The van der Waals surface area contributed by atoms with Gasteiger partial charge in [0.1, 0.15) is 0 Å². The van der Waals surface area contributed by atoms with Gasteiger partial charge in [-0.25, -0.2) is 18.2 Å². The number of likely N-dealkylation sites (tertiary alicyclic amines) is 1. The number of benzene rings is 2. The first kappa shape index (κ1) is 30.2. The normalized spacial score (nSPS) is 16.0. The molecule has 1 aromatic heterocycles. The number of nitrogens with zero attached hydrogens (tertiary/aromatic N) is 3. The highest BCUT2D eigenvalue weighted by atomic mass is 32.2. The summed E-state index contributed by atoms with van der Waals surface area (Å²) < 4.78 is 29.6. The Balaban J connectivity index is 1.50. The molecule has 1 amide bonds. The Morgan fingerprint density at radius 2 is 1.85 bits per heavy atom. The van der Waals surface area contributed by atoms with Crippen LogP contribution in [0.1, 0.15) is 32.3 Å². The van der Waals surface area contributed by atoms with Crippen molar-refractivity contribution in [1.29, 1.82) is 0 Å². The van der Waals surface area contributed by atoms with E-state index in [2.05, 4.69) is 20.5 Å². The molecule has 1 fully saturated rings. The van der Waals surface area contributed by atoms with E-state index in [1.807, 2.05) is 44.2 Å². The molecule has 0 unspecified atom stereocenters. The predicted molar refractivity (Wildman–Crippen MR) is 158 cm³/mol. The molecule has 1 aliphatic heterocycles. The summed E-state index contributed by atoms with van der Waals surface area (Å²) in [6.45, 7) is 7.71. The summed E-state index contributed by atoms with van der Waals surface area (Å²) >= 11 is 1.41. The zero-order chi connectivity index (χ0) is 28.7. The summed E-state index contributed by atoms with van der Waals surface area (Å²) in [6, 6.07) is 13.2. The Morgan fingerprint density at radius 1 is 1.12 bits per heavy atom. The number of aromatic nitrogens is 1. The van der Waals surface area contributed by atoms with E-state index in [-0.39, 0.29) is 30.3 Å². The number of hydrogen-bond donors (Lipinski definition) is 4. The number of thiazole rings is 1. The molecule has 0 saturated carbocycles. The maximum Gasteiger partial charge on any atom is 0.404 e. The van der Waals surface area contributed by atoms with Gasteiger partial charge in [0.25, 0.3) is 0 Å². The van der Waals surface area contributed by atoms with E-state index in [0.29, 0.717) is 0 Å². The van der Waals surface area contributed by atoms with Crippen molar-refractivity contribution in [2.75, 3.05) is 44.6 Å². The third-order valence-electron chi connectivity index (χ3n) is 6.93. The molecule has 12 heteroatoms. The topological polar surface area (TPSA) is 135 Å². The summed E-state index contributed by atoms with van der Waals surface area (Å²) in [5.74, 6) is -0.0134. The van der Waals surface area contributed by atoms with Gasteiger partial charge in [-0.2, -0.15) is 4.31 Å². The van der Waals surface area contributed by atoms with Crippen molar-refractivity contribution in [3.05, 3.63) is 54.1 Å². The first-order chi connectivity index (χ1) is 19.1. The summed E-state index contributed by atoms with van der Waals surface area (Å²) in [4.78, 5) is 18.6. The van der Waals surface area contributed by atoms with E-state index in [9.17, 15) is 23.4 Å². The molecular weight excluding hydrogens is 550 g/mol. The first-order valence-electron chi connectivity index (χ1n) is 13.7. The van der Waals surface area contributed by atoms with Crippen LogP contribution in [0.5, 0.6) is 0 Å². The van der Waals surface area contributed by atoms with Crippen molar-refractivity contribution in [1.82, 2.24) is 19.5 Å². The van der Waals surface area contributed by atoms with Gasteiger partial charge in [0.2, 0.25) is 10.0 Å². The highest BCUT2D eigenvalue weighted by Gasteiger charge is 2.31. The maximum absolute atomic E-state index is 13.8. The minimum absolute atomic E-state index is 0.0134. The Hall–Kier alpha value is -2.77. The zero-order valence-electron chi connectivity index (χ0n) is 23.0. The number of carboxylic acid groups (broad SMARTS) is 1. The Kier molecular flexibility index (Phi) is 10.4. The molecule has 4 N–H and O–H groups in total. The smallest absolute Gasteiger partial charge is 0.404 e. The molecular formula is C28H39N5O5S2. The number of amides is 1. The maximum atomic E-state index is 13.8. The number of aliphatic hydroxyl groups is 1. The first-order valence-corrected chi connectivity index (χ1v) is 16.0. The molecule has 40 heavy (non-hydrogen) atoms. The molecule has 1 aliphatic rings. The van der Waals surface area contributed by atoms with Crippen LogP contribution in [0.25, 0.3) is 10.2 Å². The van der Waals surface area contributed by atoms with Gasteiger partial charge < -0.3 is 25.7 Å². The van der Waals surface area contributed by atoms with E-state index in [1.165, 1.54) is 28.5 Å². The highest BCUT2D eigenvalue weighted by molar-refractivity contribution is 7.89. The number of nitrogens with one attached hydrogen (secondary N) is 2. The predicted octanol–water partition coefficient (Wildman–Crippen LogP) is 3.69. The number of anilines is 1. The van der Waals surface area contributed by atoms with Crippen LogP contribution in [0.15, 0.2) is 53.4 Å². The van der Waals surface area contributed by atoms with E-state index >= 15 is 0 Å². The van der Waals surface area contributed by atoms with Crippen LogP contribution >= 0.6 is 11.3 Å². The standard InChI is InChI=1S/C28H39N5O5S2/c1-20(2)18-33(19-25(34)24(31-28(35)36)16-21-8-4-3-5-9-21)40(37,38)22-10-11-23-26(17-22)39-27(30-23)29-12-15-32-13-6-7-14-32/h3-5,8-11,17,20,24-25,31,34H,6-7,12-16,18-19H2,1-2H3,(H,29,30)(H,35,36)/t24-,25+/m0/s1. The van der Waals surface area contributed by atoms with Crippen molar-refractivity contribution < 1.29 is 23.4 Å². The van der Waals surface area contributed by atoms with Crippen LogP contribution in [0.2, 0.25) is 0 Å². The third-order valence-corrected chi connectivity index (χ3v) is 9.74. The second-order valence-electron chi connectivity index (χ2n) is 10.7. The largest absolute Gasteiger partial charge is 0.465 e. The van der Waals surface area contributed by atoms with Crippen LogP contribution < -0.4 is 10.6 Å². The van der Waals surface area contributed by atoms with Gasteiger partial charge in [-0.1, -0.05) is 55.5 Å².